The summed E-state index contributed by atoms with van der Waals surface area (Å²) >= 11 is 6.01. The highest BCUT2D eigenvalue weighted by Crippen LogP contribution is 2.21. The topological polar surface area (TPSA) is 50.7 Å². The second-order valence-corrected chi connectivity index (χ2v) is 4.95. The Bertz CT molecular complexity index is 745. The van der Waals surface area contributed by atoms with Crippen LogP contribution in [0.3, 0.4) is 0 Å². The van der Waals surface area contributed by atoms with Crippen molar-refractivity contribution in [1.82, 2.24) is 15.0 Å². The summed E-state index contributed by atoms with van der Waals surface area (Å²) in [6.45, 7) is 2.06. The minimum absolute atomic E-state index is 0.107. The number of benzene rings is 1. The Labute approximate surface area is 121 Å². The van der Waals surface area contributed by atoms with Gasteiger partial charge in [-0.3, -0.25) is 4.98 Å². The van der Waals surface area contributed by atoms with Gasteiger partial charge in [0, 0.05) is 23.5 Å². The number of aromatic nitrogens is 3. The van der Waals surface area contributed by atoms with Crippen LogP contribution in [0.4, 0.5) is 5.82 Å². The maximum atomic E-state index is 6.01. The molecule has 20 heavy (non-hydrogen) atoms. The number of hydrogen-bond donors (Lipinski definition) is 1. The molecule has 0 fully saturated rings. The highest BCUT2D eigenvalue weighted by molar-refractivity contribution is 6.30. The maximum Gasteiger partial charge on any atom is 0.180 e. The van der Waals surface area contributed by atoms with E-state index in [-0.39, 0.29) is 6.04 Å². The van der Waals surface area contributed by atoms with Crippen molar-refractivity contribution in [3.8, 4) is 0 Å². The molecule has 1 aromatic carbocycles. The molecule has 1 N–H and O–H groups in total. The van der Waals surface area contributed by atoms with Gasteiger partial charge < -0.3 is 5.32 Å². The van der Waals surface area contributed by atoms with Crippen LogP contribution in [0.2, 0.25) is 5.02 Å². The van der Waals surface area contributed by atoms with Crippen LogP contribution in [-0.2, 0) is 0 Å². The molecule has 2 aromatic heterocycles. The third-order valence-electron chi connectivity index (χ3n) is 3.04. The first-order valence-corrected chi connectivity index (χ1v) is 6.70. The van der Waals surface area contributed by atoms with E-state index in [1.807, 2.05) is 36.4 Å². The zero-order valence-electron chi connectivity index (χ0n) is 10.9. The molecule has 3 rings (SSSR count). The summed E-state index contributed by atoms with van der Waals surface area (Å²) < 4.78 is 0. The predicted molar refractivity (Wildman–Crippen MR) is 80.8 cm³/mol. The first kappa shape index (κ1) is 12.8. The van der Waals surface area contributed by atoms with E-state index in [0.29, 0.717) is 5.65 Å². The molecular weight excluding hydrogens is 272 g/mol. The molecule has 0 amide bonds. The summed E-state index contributed by atoms with van der Waals surface area (Å²) in [5, 5.41) is 4.07. The Hall–Kier alpha value is -2.20. The van der Waals surface area contributed by atoms with Crippen LogP contribution in [0.15, 0.2) is 48.8 Å². The fourth-order valence-electron chi connectivity index (χ4n) is 2.02. The number of halogens is 1. The Morgan fingerprint density at radius 2 is 1.95 bits per heavy atom. The molecule has 4 nitrogen and oxygen atoms in total. The summed E-state index contributed by atoms with van der Waals surface area (Å²) in [4.78, 5) is 12.8. The second kappa shape index (κ2) is 5.43. The van der Waals surface area contributed by atoms with Crippen molar-refractivity contribution in [1.29, 1.82) is 0 Å². The Morgan fingerprint density at radius 3 is 2.80 bits per heavy atom. The number of rotatable bonds is 3. The van der Waals surface area contributed by atoms with E-state index >= 15 is 0 Å². The zero-order valence-corrected chi connectivity index (χ0v) is 11.7. The molecule has 0 saturated carbocycles. The summed E-state index contributed by atoms with van der Waals surface area (Å²) in [7, 11) is 0. The molecular formula is C15H13ClN4. The normalized spacial score (nSPS) is 12.3. The van der Waals surface area contributed by atoms with Crippen molar-refractivity contribution in [3.05, 3.63) is 59.4 Å². The fraction of sp³-hybridized carbons (Fsp3) is 0.133. The van der Waals surface area contributed by atoms with Crippen molar-refractivity contribution in [2.75, 3.05) is 5.32 Å². The van der Waals surface area contributed by atoms with Crippen LogP contribution in [0.5, 0.6) is 0 Å². The average Bonchev–Trinajstić information content (AvgIpc) is 2.47. The van der Waals surface area contributed by atoms with Gasteiger partial charge in [-0.25, -0.2) is 9.97 Å². The van der Waals surface area contributed by atoms with Gasteiger partial charge in [0.25, 0.3) is 0 Å². The van der Waals surface area contributed by atoms with Gasteiger partial charge in [0.2, 0.25) is 0 Å². The van der Waals surface area contributed by atoms with Gasteiger partial charge >= 0.3 is 0 Å². The van der Waals surface area contributed by atoms with E-state index in [1.54, 1.807) is 12.4 Å². The SMILES string of the molecule is CC(Nc1ccc2nccnc2n1)c1cccc(Cl)c1. The molecule has 2 heterocycles. The number of anilines is 1. The molecule has 100 valence electrons. The Morgan fingerprint density at radius 1 is 1.10 bits per heavy atom. The second-order valence-electron chi connectivity index (χ2n) is 4.52. The van der Waals surface area contributed by atoms with Gasteiger partial charge in [-0.15, -0.1) is 0 Å². The molecule has 0 spiro atoms. The number of fused-ring (bicyclic) bond motifs is 1. The van der Waals surface area contributed by atoms with Gasteiger partial charge in [0.1, 0.15) is 11.3 Å². The van der Waals surface area contributed by atoms with E-state index < -0.39 is 0 Å². The van der Waals surface area contributed by atoms with Gasteiger partial charge in [-0.05, 0) is 36.8 Å². The first-order chi connectivity index (χ1) is 9.72. The highest BCUT2D eigenvalue weighted by atomic mass is 35.5. The van der Waals surface area contributed by atoms with Crippen LogP contribution in [0.25, 0.3) is 11.2 Å². The van der Waals surface area contributed by atoms with Crippen LogP contribution in [0, 0.1) is 0 Å². The lowest BCUT2D eigenvalue weighted by Gasteiger charge is -2.15. The van der Waals surface area contributed by atoms with Gasteiger partial charge in [0.05, 0.1) is 0 Å². The molecule has 0 aliphatic carbocycles. The van der Waals surface area contributed by atoms with Gasteiger partial charge in [-0.1, -0.05) is 23.7 Å². The third-order valence-corrected chi connectivity index (χ3v) is 3.28. The number of hydrogen-bond acceptors (Lipinski definition) is 4. The molecule has 0 aliphatic heterocycles. The first-order valence-electron chi connectivity index (χ1n) is 6.32. The van der Waals surface area contributed by atoms with Crippen molar-refractivity contribution in [2.24, 2.45) is 0 Å². The maximum absolute atomic E-state index is 6.01. The molecule has 0 radical (unpaired) electrons. The standard InChI is InChI=1S/C15H13ClN4/c1-10(11-3-2-4-12(16)9-11)19-14-6-5-13-15(20-14)18-8-7-17-13/h2-10H,1H3,(H,18,19,20). The smallest absolute Gasteiger partial charge is 0.180 e. The molecule has 1 unspecified atom stereocenters. The Kier molecular flexibility index (Phi) is 3.48. The lowest BCUT2D eigenvalue weighted by molar-refractivity contribution is 0.876. The minimum atomic E-state index is 0.107. The van der Waals surface area contributed by atoms with Crippen LogP contribution < -0.4 is 5.32 Å². The molecule has 0 aliphatic rings. The largest absolute Gasteiger partial charge is 0.363 e. The predicted octanol–water partition coefficient (Wildman–Crippen LogP) is 3.85. The van der Waals surface area contributed by atoms with Crippen LogP contribution >= 0.6 is 11.6 Å². The Balaban J connectivity index is 1.85. The van der Waals surface area contributed by atoms with Gasteiger partial charge in [-0.2, -0.15) is 0 Å². The molecule has 3 aromatic rings. The fourth-order valence-corrected chi connectivity index (χ4v) is 2.21. The number of pyridine rings is 1. The van der Waals surface area contributed by atoms with Crippen molar-refractivity contribution >= 4 is 28.6 Å². The minimum Gasteiger partial charge on any atom is -0.363 e. The van der Waals surface area contributed by atoms with Crippen molar-refractivity contribution in [3.63, 3.8) is 0 Å². The lowest BCUT2D eigenvalue weighted by atomic mass is 10.1. The van der Waals surface area contributed by atoms with E-state index in [0.717, 1.165) is 21.9 Å². The van der Waals surface area contributed by atoms with E-state index in [2.05, 4.69) is 27.2 Å². The zero-order chi connectivity index (χ0) is 13.9. The van der Waals surface area contributed by atoms with E-state index in [1.165, 1.54) is 0 Å². The summed E-state index contributed by atoms with van der Waals surface area (Å²) in [6.07, 6.45) is 3.30. The van der Waals surface area contributed by atoms with Crippen molar-refractivity contribution in [2.45, 2.75) is 13.0 Å². The molecule has 1 atom stereocenters. The summed E-state index contributed by atoms with van der Waals surface area (Å²) in [6, 6.07) is 11.7. The highest BCUT2D eigenvalue weighted by Gasteiger charge is 2.07. The van der Waals surface area contributed by atoms with Crippen LogP contribution in [0.1, 0.15) is 18.5 Å². The average molecular weight is 285 g/mol. The molecule has 5 heteroatoms. The number of nitrogens with one attached hydrogen (secondary N) is 1. The summed E-state index contributed by atoms with van der Waals surface area (Å²) in [5.41, 5.74) is 2.53. The van der Waals surface area contributed by atoms with Gasteiger partial charge in [0.15, 0.2) is 5.65 Å². The third kappa shape index (κ3) is 2.70. The van der Waals surface area contributed by atoms with E-state index in [9.17, 15) is 0 Å². The monoisotopic (exact) mass is 284 g/mol. The lowest BCUT2D eigenvalue weighted by Crippen LogP contribution is -2.08. The molecule has 0 bridgehead atoms. The van der Waals surface area contributed by atoms with E-state index in [4.69, 9.17) is 11.6 Å². The van der Waals surface area contributed by atoms with Crippen molar-refractivity contribution < 1.29 is 0 Å². The number of nitrogens with zero attached hydrogens (tertiary/aromatic N) is 3. The summed E-state index contributed by atoms with van der Waals surface area (Å²) in [5.74, 6) is 0.769. The van der Waals surface area contributed by atoms with Crippen LogP contribution in [-0.4, -0.2) is 15.0 Å². The quantitative estimate of drug-likeness (QED) is 0.794. The molecule has 0 saturated heterocycles.